The summed E-state index contributed by atoms with van der Waals surface area (Å²) in [5.74, 6) is -0.674. The van der Waals surface area contributed by atoms with Crippen molar-refractivity contribution in [2.24, 2.45) is 4.99 Å². The van der Waals surface area contributed by atoms with E-state index in [9.17, 15) is 19.7 Å². The van der Waals surface area contributed by atoms with Crippen LogP contribution in [-0.2, 0) is 14.3 Å². The van der Waals surface area contributed by atoms with Gasteiger partial charge in [0.15, 0.2) is 5.70 Å². The molecule has 0 saturated heterocycles. The molecule has 1 aliphatic heterocycles. The summed E-state index contributed by atoms with van der Waals surface area (Å²) in [4.78, 5) is 37.7. The van der Waals surface area contributed by atoms with E-state index in [0.29, 0.717) is 22.4 Å². The van der Waals surface area contributed by atoms with Gasteiger partial charge in [-0.2, -0.15) is 0 Å². The van der Waals surface area contributed by atoms with E-state index >= 15 is 0 Å². The predicted molar refractivity (Wildman–Crippen MR) is 96.2 cm³/mol. The molecule has 2 aromatic rings. The first-order valence-electron chi connectivity index (χ1n) is 7.90. The number of nitro groups is 1. The first-order chi connectivity index (χ1) is 12.8. The van der Waals surface area contributed by atoms with Gasteiger partial charge in [-0.25, -0.2) is 9.79 Å². The molecule has 2 aromatic carbocycles. The van der Waals surface area contributed by atoms with Crippen LogP contribution < -0.4 is 4.74 Å². The van der Waals surface area contributed by atoms with Gasteiger partial charge >= 0.3 is 11.9 Å². The number of benzene rings is 2. The van der Waals surface area contributed by atoms with E-state index in [4.69, 9.17) is 9.47 Å². The van der Waals surface area contributed by atoms with Gasteiger partial charge in [0.25, 0.3) is 5.69 Å². The standard InChI is InChI=1S/C19H14N2O6/c1-11-8-14(6-7-17(11)21(24)25)18-20-16(19(23)27-18)10-13-4-3-5-15(9-13)26-12(2)22/h3-10H,1-2H3/b16-10-. The third kappa shape index (κ3) is 4.06. The van der Waals surface area contributed by atoms with E-state index in [-0.39, 0.29) is 17.3 Å². The zero-order valence-electron chi connectivity index (χ0n) is 14.5. The van der Waals surface area contributed by atoms with Gasteiger partial charge in [-0.05, 0) is 42.8 Å². The number of ether oxygens (including phenoxy) is 2. The lowest BCUT2D eigenvalue weighted by atomic mass is 10.1. The molecule has 1 heterocycles. The molecular formula is C19H14N2O6. The molecule has 0 spiro atoms. The zero-order valence-corrected chi connectivity index (χ0v) is 14.5. The van der Waals surface area contributed by atoms with Gasteiger partial charge in [0, 0.05) is 24.1 Å². The SMILES string of the molecule is CC(=O)Oc1cccc(/C=C2\N=C(c3ccc([N+](=O)[O-])c(C)c3)OC2=O)c1. The molecule has 8 nitrogen and oxygen atoms in total. The van der Waals surface area contributed by atoms with Crippen molar-refractivity contribution in [2.45, 2.75) is 13.8 Å². The highest BCUT2D eigenvalue weighted by molar-refractivity contribution is 6.13. The Morgan fingerprint density at radius 2 is 2.04 bits per heavy atom. The molecular weight excluding hydrogens is 352 g/mol. The second kappa shape index (κ2) is 7.20. The summed E-state index contributed by atoms with van der Waals surface area (Å²) < 4.78 is 10.2. The minimum absolute atomic E-state index is 0.0262. The second-order valence-electron chi connectivity index (χ2n) is 5.76. The topological polar surface area (TPSA) is 108 Å². The first-order valence-corrected chi connectivity index (χ1v) is 7.90. The van der Waals surface area contributed by atoms with Crippen LogP contribution in [0.5, 0.6) is 5.75 Å². The minimum Gasteiger partial charge on any atom is -0.427 e. The number of aliphatic imine (C=N–C) groups is 1. The monoisotopic (exact) mass is 366 g/mol. The van der Waals surface area contributed by atoms with E-state index < -0.39 is 16.9 Å². The molecule has 0 aromatic heterocycles. The molecule has 0 saturated carbocycles. The number of hydrogen-bond donors (Lipinski definition) is 0. The number of hydrogen-bond acceptors (Lipinski definition) is 7. The van der Waals surface area contributed by atoms with E-state index in [1.807, 2.05) is 0 Å². The fourth-order valence-corrected chi connectivity index (χ4v) is 2.52. The number of carbonyl (C=O) groups excluding carboxylic acids is 2. The Labute approximate surface area is 153 Å². The fraction of sp³-hybridized carbons (Fsp3) is 0.105. The summed E-state index contributed by atoms with van der Waals surface area (Å²) in [7, 11) is 0. The number of nitrogens with zero attached hydrogens (tertiary/aromatic N) is 2. The molecule has 0 aliphatic carbocycles. The summed E-state index contributed by atoms with van der Waals surface area (Å²) in [6.07, 6.45) is 1.50. The molecule has 0 amide bonds. The highest BCUT2D eigenvalue weighted by Gasteiger charge is 2.25. The van der Waals surface area contributed by atoms with Crippen molar-refractivity contribution < 1.29 is 24.0 Å². The maximum absolute atomic E-state index is 12.1. The average Bonchev–Trinajstić information content (AvgIpc) is 2.95. The summed E-state index contributed by atoms with van der Waals surface area (Å²) in [6, 6.07) is 10.9. The van der Waals surface area contributed by atoms with Gasteiger partial charge in [0.2, 0.25) is 5.90 Å². The van der Waals surface area contributed by atoms with Crippen molar-refractivity contribution in [3.63, 3.8) is 0 Å². The average molecular weight is 366 g/mol. The number of nitro benzene ring substituents is 1. The Bertz CT molecular complexity index is 1020. The quantitative estimate of drug-likeness (QED) is 0.270. The lowest BCUT2D eigenvalue weighted by Gasteiger charge is -2.01. The van der Waals surface area contributed by atoms with E-state index in [1.165, 1.54) is 31.2 Å². The summed E-state index contributed by atoms with van der Waals surface area (Å²) >= 11 is 0. The summed E-state index contributed by atoms with van der Waals surface area (Å²) in [6.45, 7) is 2.89. The van der Waals surface area contributed by atoms with Crippen LogP contribution in [0.3, 0.4) is 0 Å². The van der Waals surface area contributed by atoms with Crippen LogP contribution >= 0.6 is 0 Å². The molecule has 0 atom stereocenters. The van der Waals surface area contributed by atoms with Crippen molar-refractivity contribution in [2.75, 3.05) is 0 Å². The van der Waals surface area contributed by atoms with Crippen LogP contribution in [-0.4, -0.2) is 22.8 Å². The van der Waals surface area contributed by atoms with Gasteiger partial charge in [-0.3, -0.25) is 14.9 Å². The molecule has 0 N–H and O–H groups in total. The van der Waals surface area contributed by atoms with Gasteiger partial charge in [0.05, 0.1) is 4.92 Å². The van der Waals surface area contributed by atoms with Crippen molar-refractivity contribution in [1.29, 1.82) is 0 Å². The molecule has 136 valence electrons. The second-order valence-corrected chi connectivity index (χ2v) is 5.76. The maximum atomic E-state index is 12.1. The van der Waals surface area contributed by atoms with Crippen LogP contribution in [0.4, 0.5) is 5.69 Å². The fourth-order valence-electron chi connectivity index (χ4n) is 2.52. The van der Waals surface area contributed by atoms with E-state index in [1.54, 1.807) is 31.2 Å². The number of aryl methyl sites for hydroxylation is 1. The van der Waals surface area contributed by atoms with Crippen LogP contribution in [0.25, 0.3) is 6.08 Å². The highest BCUT2D eigenvalue weighted by atomic mass is 16.6. The van der Waals surface area contributed by atoms with Gasteiger partial charge in [0.1, 0.15) is 5.75 Å². The Balaban J connectivity index is 1.90. The Morgan fingerprint density at radius 3 is 2.70 bits per heavy atom. The number of cyclic esters (lactones) is 1. The Kier molecular flexibility index (Phi) is 4.80. The maximum Gasteiger partial charge on any atom is 0.363 e. The third-order valence-corrected chi connectivity index (χ3v) is 3.68. The van der Waals surface area contributed by atoms with Crippen molar-refractivity contribution in [3.05, 3.63) is 75.0 Å². The van der Waals surface area contributed by atoms with Crippen molar-refractivity contribution in [1.82, 2.24) is 0 Å². The Morgan fingerprint density at radius 1 is 1.26 bits per heavy atom. The minimum atomic E-state index is -0.640. The molecule has 0 radical (unpaired) electrons. The van der Waals surface area contributed by atoms with Crippen LogP contribution in [0.1, 0.15) is 23.6 Å². The Hall–Kier alpha value is -3.81. The van der Waals surface area contributed by atoms with Gasteiger partial charge in [-0.15, -0.1) is 0 Å². The zero-order chi connectivity index (χ0) is 19.6. The number of esters is 2. The third-order valence-electron chi connectivity index (χ3n) is 3.68. The first kappa shape index (κ1) is 18.0. The molecule has 1 aliphatic rings. The van der Waals surface area contributed by atoms with Crippen molar-refractivity contribution >= 4 is 29.6 Å². The molecule has 0 fully saturated rings. The summed E-state index contributed by atoms with van der Waals surface area (Å²) in [5.41, 5.74) is 1.54. The van der Waals surface area contributed by atoms with Crippen LogP contribution in [0.2, 0.25) is 0 Å². The lowest BCUT2D eigenvalue weighted by Crippen LogP contribution is -2.06. The molecule has 8 heteroatoms. The molecule has 3 rings (SSSR count). The lowest BCUT2D eigenvalue weighted by molar-refractivity contribution is -0.385. The normalized spacial score (nSPS) is 14.7. The number of rotatable bonds is 4. The van der Waals surface area contributed by atoms with Gasteiger partial charge < -0.3 is 9.47 Å². The van der Waals surface area contributed by atoms with E-state index in [0.717, 1.165) is 0 Å². The van der Waals surface area contributed by atoms with Crippen molar-refractivity contribution in [3.8, 4) is 5.75 Å². The largest absolute Gasteiger partial charge is 0.427 e. The number of carbonyl (C=O) groups is 2. The predicted octanol–water partition coefficient (Wildman–Crippen LogP) is 3.17. The molecule has 0 bridgehead atoms. The molecule has 0 unspecified atom stereocenters. The van der Waals surface area contributed by atoms with E-state index in [2.05, 4.69) is 4.99 Å². The highest BCUT2D eigenvalue weighted by Crippen LogP contribution is 2.24. The van der Waals surface area contributed by atoms with Crippen LogP contribution in [0.15, 0.2) is 53.2 Å². The molecule has 27 heavy (non-hydrogen) atoms. The van der Waals surface area contributed by atoms with Crippen LogP contribution in [0, 0.1) is 17.0 Å². The summed E-state index contributed by atoms with van der Waals surface area (Å²) in [5, 5.41) is 10.9. The van der Waals surface area contributed by atoms with Gasteiger partial charge in [-0.1, -0.05) is 12.1 Å². The smallest absolute Gasteiger partial charge is 0.363 e.